The minimum absolute atomic E-state index is 0.200. The lowest BCUT2D eigenvalue weighted by atomic mass is 10.0. The van der Waals surface area contributed by atoms with Crippen LogP contribution >= 0.6 is 0 Å². The van der Waals surface area contributed by atoms with Gasteiger partial charge in [-0.15, -0.1) is 0 Å². The number of piperazine rings is 1. The van der Waals surface area contributed by atoms with E-state index >= 15 is 0 Å². The van der Waals surface area contributed by atoms with Gasteiger partial charge >= 0.3 is 0 Å². The molecule has 3 aromatic rings. The molecule has 0 aromatic heterocycles. The smallest absolute Gasteiger partial charge is 0.252 e. The van der Waals surface area contributed by atoms with Crippen molar-refractivity contribution in [2.24, 2.45) is 0 Å². The predicted octanol–water partition coefficient (Wildman–Crippen LogP) is 2.08. The lowest BCUT2D eigenvalue weighted by molar-refractivity contribution is -0.136. The van der Waals surface area contributed by atoms with E-state index < -0.39 is 18.6 Å². The summed E-state index contributed by atoms with van der Waals surface area (Å²) in [5, 5.41) is 12.5. The van der Waals surface area contributed by atoms with Crippen molar-refractivity contribution in [2.75, 3.05) is 39.6 Å². The molecule has 2 heterocycles. The van der Waals surface area contributed by atoms with E-state index in [1.165, 1.54) is 6.07 Å². The zero-order valence-corrected chi connectivity index (χ0v) is 20.8. The van der Waals surface area contributed by atoms with Crippen LogP contribution in [0.3, 0.4) is 0 Å². The second kappa shape index (κ2) is 11.5. The third-order valence-corrected chi connectivity index (χ3v) is 6.74. The highest BCUT2D eigenvalue weighted by Crippen LogP contribution is 2.32. The van der Waals surface area contributed by atoms with Crippen molar-refractivity contribution in [1.29, 1.82) is 0 Å². The van der Waals surface area contributed by atoms with E-state index in [-0.39, 0.29) is 24.0 Å². The van der Waals surface area contributed by atoms with Crippen LogP contribution in [0.1, 0.15) is 31.8 Å². The van der Waals surface area contributed by atoms with Gasteiger partial charge in [0.05, 0.1) is 6.61 Å². The summed E-state index contributed by atoms with van der Waals surface area (Å²) in [6, 6.07) is 19.9. The molecule has 0 aliphatic carbocycles. The first-order valence-electron chi connectivity index (χ1n) is 12.5. The van der Waals surface area contributed by atoms with Gasteiger partial charge < -0.3 is 24.8 Å². The second-order valence-electron chi connectivity index (χ2n) is 9.27. The molecule has 1 fully saturated rings. The quantitative estimate of drug-likeness (QED) is 0.442. The van der Waals surface area contributed by atoms with E-state index in [0.29, 0.717) is 37.3 Å². The van der Waals surface area contributed by atoms with Crippen molar-refractivity contribution >= 4 is 17.6 Å². The van der Waals surface area contributed by atoms with Crippen molar-refractivity contribution in [3.8, 4) is 11.5 Å². The summed E-state index contributed by atoms with van der Waals surface area (Å²) in [6.07, 6.45) is 0. The van der Waals surface area contributed by atoms with E-state index in [9.17, 15) is 19.5 Å². The maximum Gasteiger partial charge on any atom is 0.252 e. The fraction of sp³-hybridized carbons (Fsp3) is 0.276. The number of carbonyl (C=O) groups is 3. The molecule has 2 amide bonds. The molecule has 0 radical (unpaired) electrons. The monoisotopic (exact) mass is 515 g/mol. The Morgan fingerprint density at radius 1 is 0.816 bits per heavy atom. The van der Waals surface area contributed by atoms with Gasteiger partial charge in [-0.25, -0.2) is 0 Å². The zero-order chi connectivity index (χ0) is 26.5. The van der Waals surface area contributed by atoms with Gasteiger partial charge in [0, 0.05) is 49.4 Å². The Labute approximate surface area is 220 Å². The van der Waals surface area contributed by atoms with Crippen LogP contribution in [0.4, 0.5) is 0 Å². The van der Waals surface area contributed by atoms with Crippen molar-refractivity contribution < 1.29 is 29.0 Å². The third-order valence-electron chi connectivity index (χ3n) is 6.74. The van der Waals surface area contributed by atoms with E-state index in [4.69, 9.17) is 9.47 Å². The van der Waals surface area contributed by atoms with Crippen molar-refractivity contribution in [3.05, 3.63) is 95.1 Å². The summed E-state index contributed by atoms with van der Waals surface area (Å²) in [4.78, 5) is 42.7. The number of amides is 2. The van der Waals surface area contributed by atoms with Crippen molar-refractivity contribution in [2.45, 2.75) is 12.6 Å². The lowest BCUT2D eigenvalue weighted by Gasteiger charge is -2.36. The Bertz CT molecular complexity index is 1320. The maximum atomic E-state index is 13.1. The van der Waals surface area contributed by atoms with Crippen LogP contribution in [0.5, 0.6) is 11.5 Å². The third kappa shape index (κ3) is 5.69. The van der Waals surface area contributed by atoms with E-state index in [2.05, 4.69) is 10.2 Å². The maximum absolute atomic E-state index is 13.1. The number of nitrogens with one attached hydrogen (secondary N) is 1. The van der Waals surface area contributed by atoms with Gasteiger partial charge in [-0.2, -0.15) is 0 Å². The molecule has 9 nitrogen and oxygen atoms in total. The summed E-state index contributed by atoms with van der Waals surface area (Å²) in [6.45, 7) is 2.72. The van der Waals surface area contributed by atoms with E-state index in [1.807, 2.05) is 24.3 Å². The first-order valence-corrected chi connectivity index (χ1v) is 12.5. The molecule has 0 spiro atoms. The Morgan fingerprint density at radius 2 is 1.53 bits per heavy atom. The largest absolute Gasteiger partial charge is 0.454 e. The predicted molar refractivity (Wildman–Crippen MR) is 139 cm³/mol. The average Bonchev–Trinajstić information content (AvgIpc) is 3.44. The van der Waals surface area contributed by atoms with Crippen LogP contribution in [0.2, 0.25) is 0 Å². The number of hydrogen-bond donors (Lipinski definition) is 2. The Kier molecular flexibility index (Phi) is 7.67. The number of aliphatic hydroxyl groups is 1. The number of ether oxygens (including phenoxy) is 2. The molecule has 2 aliphatic rings. The normalized spacial score (nSPS) is 15.7. The number of aliphatic hydroxyl groups excluding tert-OH is 1. The highest BCUT2D eigenvalue weighted by atomic mass is 16.7. The molecule has 1 atom stereocenters. The number of benzene rings is 3. The van der Waals surface area contributed by atoms with Crippen LogP contribution in [0, 0.1) is 0 Å². The van der Waals surface area contributed by atoms with Crippen LogP contribution in [-0.4, -0.2) is 78.1 Å². The molecule has 9 heteroatoms. The molecule has 0 saturated carbocycles. The first-order chi connectivity index (χ1) is 18.5. The lowest BCUT2D eigenvalue weighted by Crippen LogP contribution is -2.55. The van der Waals surface area contributed by atoms with E-state index in [1.54, 1.807) is 47.4 Å². The van der Waals surface area contributed by atoms with Crippen molar-refractivity contribution in [1.82, 2.24) is 15.1 Å². The second-order valence-corrected chi connectivity index (χ2v) is 9.27. The zero-order valence-electron chi connectivity index (χ0n) is 20.8. The molecule has 3 aromatic carbocycles. The molecule has 2 aliphatic heterocycles. The minimum Gasteiger partial charge on any atom is -0.454 e. The average molecular weight is 516 g/mol. The first kappa shape index (κ1) is 25.4. The van der Waals surface area contributed by atoms with Gasteiger partial charge in [-0.1, -0.05) is 48.5 Å². The summed E-state index contributed by atoms with van der Waals surface area (Å²) in [5.74, 6) is 0.430. The molecular formula is C29H29N3O6. The fourth-order valence-corrected chi connectivity index (χ4v) is 4.63. The van der Waals surface area contributed by atoms with E-state index in [0.717, 1.165) is 23.6 Å². The molecule has 38 heavy (non-hydrogen) atoms. The number of ketones is 1. The van der Waals surface area contributed by atoms with Crippen molar-refractivity contribution in [3.63, 3.8) is 0 Å². The van der Waals surface area contributed by atoms with Gasteiger partial charge in [-0.3, -0.25) is 19.3 Å². The summed E-state index contributed by atoms with van der Waals surface area (Å²) >= 11 is 0. The Balaban J connectivity index is 1.16. The van der Waals surface area contributed by atoms with Crippen LogP contribution in [0.25, 0.3) is 0 Å². The summed E-state index contributed by atoms with van der Waals surface area (Å²) in [5.41, 5.74) is 2.23. The van der Waals surface area contributed by atoms with Gasteiger partial charge in [-0.05, 0) is 29.8 Å². The van der Waals surface area contributed by atoms with Gasteiger partial charge in [0.15, 0.2) is 17.3 Å². The summed E-state index contributed by atoms with van der Waals surface area (Å²) in [7, 11) is 0. The Morgan fingerprint density at radius 3 is 2.29 bits per heavy atom. The number of fused-ring (bicyclic) bond motifs is 1. The van der Waals surface area contributed by atoms with Crippen LogP contribution in [-0.2, 0) is 11.3 Å². The molecule has 1 unspecified atom stereocenters. The van der Waals surface area contributed by atoms with Gasteiger partial charge in [0.2, 0.25) is 12.7 Å². The number of rotatable bonds is 8. The molecule has 196 valence electrons. The molecule has 5 rings (SSSR count). The highest BCUT2D eigenvalue weighted by Gasteiger charge is 2.29. The number of nitrogens with zero attached hydrogens (tertiary/aromatic N) is 2. The topological polar surface area (TPSA) is 108 Å². The van der Waals surface area contributed by atoms with Crippen LogP contribution in [0.15, 0.2) is 72.8 Å². The van der Waals surface area contributed by atoms with Crippen LogP contribution < -0.4 is 14.8 Å². The molecule has 1 saturated heterocycles. The fourth-order valence-electron chi connectivity index (χ4n) is 4.63. The minimum atomic E-state index is -1.07. The molecule has 2 N–H and O–H groups in total. The molecular weight excluding hydrogens is 486 g/mol. The van der Waals surface area contributed by atoms with Gasteiger partial charge in [0.1, 0.15) is 6.04 Å². The number of hydrogen-bond acceptors (Lipinski definition) is 7. The summed E-state index contributed by atoms with van der Waals surface area (Å²) < 4.78 is 10.8. The standard InChI is InChI=1S/C29H29N3O6/c33-18-24(30-28(35)23-8-4-7-22(16-23)27(34)21-5-2-1-3-6-21)29(36)32-13-11-31(12-14-32)17-20-9-10-25-26(15-20)38-19-37-25/h1-10,15-16,24,33H,11-14,17-19H2,(H,30,35). The SMILES string of the molecule is O=C(NC(CO)C(=O)N1CCN(Cc2ccc3c(c2)OCO3)CC1)c1cccc(C(=O)c2ccccc2)c1. The Hall–Kier alpha value is -4.21. The van der Waals surface area contributed by atoms with Gasteiger partial charge in [0.25, 0.3) is 5.91 Å². The number of carbonyl (C=O) groups excluding carboxylic acids is 3. The molecule has 0 bridgehead atoms. The highest BCUT2D eigenvalue weighted by molar-refractivity contribution is 6.10.